The standard InChI is InChI=1S/C23H23N7O4S3/c1-16-2-6-18(7-3-16)33-14-24-22-28-26-20(36-22)10-12-35-13-11-21-27-29-23(37-21)25-15-34-19-8-4-17(5-9-19)30(31)32/h2-9,15H,10-14H2,1H3,(H,24,28). The average molecular weight is 558 g/mol. The molecule has 0 fully saturated rings. The number of hydrogen-bond acceptors (Lipinski definition) is 13. The number of aliphatic imine (C=N–C) groups is 1. The number of aryl methyl sites for hydroxylation is 3. The highest BCUT2D eigenvalue weighted by atomic mass is 32.2. The second kappa shape index (κ2) is 13.6. The van der Waals surface area contributed by atoms with Crippen molar-refractivity contribution < 1.29 is 14.4 Å². The largest absolute Gasteiger partial charge is 0.473 e. The molecule has 2 aromatic carbocycles. The second-order valence-electron chi connectivity index (χ2n) is 7.47. The first kappa shape index (κ1) is 26.4. The van der Waals surface area contributed by atoms with Crippen molar-refractivity contribution in [2.45, 2.75) is 19.8 Å². The molecule has 4 aromatic rings. The Hall–Kier alpha value is -3.62. The van der Waals surface area contributed by atoms with Crippen molar-refractivity contribution >= 4 is 56.8 Å². The van der Waals surface area contributed by atoms with Crippen LogP contribution in [0, 0.1) is 17.0 Å². The lowest BCUT2D eigenvalue weighted by Gasteiger charge is -2.06. The molecule has 37 heavy (non-hydrogen) atoms. The molecule has 0 saturated carbocycles. The van der Waals surface area contributed by atoms with Crippen molar-refractivity contribution in [2.24, 2.45) is 4.99 Å². The van der Waals surface area contributed by atoms with Crippen LogP contribution in [-0.2, 0) is 12.8 Å². The van der Waals surface area contributed by atoms with Gasteiger partial charge in [0.15, 0.2) is 13.1 Å². The fourth-order valence-electron chi connectivity index (χ4n) is 2.84. The van der Waals surface area contributed by atoms with Gasteiger partial charge in [-0.05, 0) is 42.7 Å². The van der Waals surface area contributed by atoms with Gasteiger partial charge in [-0.15, -0.1) is 20.4 Å². The van der Waals surface area contributed by atoms with Crippen LogP contribution in [0.3, 0.4) is 0 Å². The van der Waals surface area contributed by atoms with Crippen LogP contribution in [0.4, 0.5) is 16.0 Å². The molecule has 0 aliphatic rings. The van der Waals surface area contributed by atoms with E-state index in [1.54, 1.807) is 0 Å². The lowest BCUT2D eigenvalue weighted by Crippen LogP contribution is -2.08. The summed E-state index contributed by atoms with van der Waals surface area (Å²) in [5, 5.41) is 33.5. The van der Waals surface area contributed by atoms with E-state index in [4.69, 9.17) is 9.47 Å². The predicted molar refractivity (Wildman–Crippen MR) is 147 cm³/mol. The van der Waals surface area contributed by atoms with E-state index < -0.39 is 4.92 Å². The minimum absolute atomic E-state index is 0.000627. The van der Waals surface area contributed by atoms with Gasteiger partial charge in [0.25, 0.3) is 5.69 Å². The summed E-state index contributed by atoms with van der Waals surface area (Å²) in [6, 6.07) is 13.6. The van der Waals surface area contributed by atoms with E-state index >= 15 is 0 Å². The maximum absolute atomic E-state index is 10.7. The zero-order chi connectivity index (χ0) is 25.9. The maximum Gasteiger partial charge on any atom is 0.269 e. The summed E-state index contributed by atoms with van der Waals surface area (Å²) in [6.45, 7) is 2.38. The molecule has 0 atom stereocenters. The third-order valence-electron chi connectivity index (χ3n) is 4.73. The summed E-state index contributed by atoms with van der Waals surface area (Å²) in [6.07, 6.45) is 2.88. The van der Waals surface area contributed by atoms with Crippen LogP contribution in [0.5, 0.6) is 11.5 Å². The van der Waals surface area contributed by atoms with Gasteiger partial charge >= 0.3 is 0 Å². The van der Waals surface area contributed by atoms with E-state index in [0.717, 1.165) is 45.2 Å². The molecule has 0 spiro atoms. The third-order valence-corrected chi connectivity index (χ3v) is 7.54. The molecular formula is C23H23N7O4S3. The monoisotopic (exact) mass is 557 g/mol. The van der Waals surface area contributed by atoms with Gasteiger partial charge in [0.1, 0.15) is 21.5 Å². The van der Waals surface area contributed by atoms with E-state index in [9.17, 15) is 10.1 Å². The van der Waals surface area contributed by atoms with Crippen LogP contribution in [0.25, 0.3) is 0 Å². The Morgan fingerprint density at radius 3 is 2.38 bits per heavy atom. The van der Waals surface area contributed by atoms with Crippen LogP contribution < -0.4 is 14.8 Å². The van der Waals surface area contributed by atoms with Crippen molar-refractivity contribution in [3.63, 3.8) is 0 Å². The van der Waals surface area contributed by atoms with Gasteiger partial charge in [-0.25, -0.2) is 0 Å². The molecule has 0 unspecified atom stereocenters. The fourth-order valence-corrected chi connectivity index (χ4v) is 5.37. The van der Waals surface area contributed by atoms with Crippen molar-refractivity contribution in [3.05, 3.63) is 74.2 Å². The Kier molecular flexibility index (Phi) is 9.74. The zero-order valence-electron chi connectivity index (χ0n) is 19.8. The first-order valence-corrected chi connectivity index (χ1v) is 13.9. The Labute approximate surface area is 225 Å². The number of nitrogens with zero attached hydrogens (tertiary/aromatic N) is 6. The normalized spacial score (nSPS) is 11.1. The minimum atomic E-state index is -0.464. The molecule has 4 rings (SSSR count). The molecule has 0 saturated heterocycles. The topological polar surface area (TPSA) is 138 Å². The van der Waals surface area contributed by atoms with Crippen LogP contribution in [-0.4, -0.2) is 50.0 Å². The molecule has 192 valence electrons. The van der Waals surface area contributed by atoms with Gasteiger partial charge < -0.3 is 14.8 Å². The summed E-state index contributed by atoms with van der Waals surface area (Å²) in [5.41, 5.74) is 1.19. The lowest BCUT2D eigenvalue weighted by molar-refractivity contribution is -0.384. The molecule has 0 aliphatic heterocycles. The quantitative estimate of drug-likeness (QED) is 0.0542. The Balaban J connectivity index is 1.09. The van der Waals surface area contributed by atoms with E-state index in [-0.39, 0.29) is 5.69 Å². The molecule has 2 aromatic heterocycles. The molecule has 11 nitrogen and oxygen atoms in total. The van der Waals surface area contributed by atoms with Gasteiger partial charge in [-0.2, -0.15) is 16.8 Å². The molecule has 0 radical (unpaired) electrons. The number of nitro groups is 1. The van der Waals surface area contributed by atoms with Crippen molar-refractivity contribution in [3.8, 4) is 11.5 Å². The van der Waals surface area contributed by atoms with Crippen LogP contribution in [0.1, 0.15) is 15.6 Å². The first-order chi connectivity index (χ1) is 18.0. The number of anilines is 1. The molecule has 0 aliphatic carbocycles. The first-order valence-electron chi connectivity index (χ1n) is 11.1. The molecule has 2 heterocycles. The summed E-state index contributed by atoms with van der Waals surface area (Å²) < 4.78 is 11.0. The van der Waals surface area contributed by atoms with Crippen molar-refractivity contribution in [2.75, 3.05) is 23.6 Å². The number of nitro benzene ring substituents is 1. The molecular weight excluding hydrogens is 534 g/mol. The summed E-state index contributed by atoms with van der Waals surface area (Å²) >= 11 is 4.74. The SMILES string of the molecule is Cc1ccc(OCNc2nnc(CCSCCc3nnc(N=COc4ccc([N+](=O)[O-])cc4)s3)s2)cc1. The van der Waals surface area contributed by atoms with E-state index in [0.29, 0.717) is 17.6 Å². The highest BCUT2D eigenvalue weighted by Gasteiger charge is 2.07. The minimum Gasteiger partial charge on any atom is -0.473 e. The van der Waals surface area contributed by atoms with E-state index in [1.165, 1.54) is 58.9 Å². The van der Waals surface area contributed by atoms with Crippen LogP contribution in [0.2, 0.25) is 0 Å². The number of ether oxygens (including phenoxy) is 2. The van der Waals surface area contributed by atoms with Crippen molar-refractivity contribution in [1.82, 2.24) is 20.4 Å². The zero-order valence-corrected chi connectivity index (χ0v) is 22.2. The summed E-state index contributed by atoms with van der Waals surface area (Å²) in [4.78, 5) is 14.4. The Bertz CT molecular complexity index is 1310. The maximum atomic E-state index is 10.7. The summed E-state index contributed by atoms with van der Waals surface area (Å²) in [5.74, 6) is 3.10. The van der Waals surface area contributed by atoms with Gasteiger partial charge in [0.2, 0.25) is 10.3 Å². The predicted octanol–water partition coefficient (Wildman–Crippen LogP) is 5.31. The fraction of sp³-hybridized carbons (Fsp3) is 0.261. The number of non-ortho nitro benzene ring substituents is 1. The highest BCUT2D eigenvalue weighted by molar-refractivity contribution is 7.99. The third kappa shape index (κ3) is 8.77. The molecule has 1 N–H and O–H groups in total. The van der Waals surface area contributed by atoms with Crippen LogP contribution >= 0.6 is 34.4 Å². The number of thioether (sulfide) groups is 1. The highest BCUT2D eigenvalue weighted by Crippen LogP contribution is 2.22. The number of rotatable bonds is 14. The van der Waals surface area contributed by atoms with Gasteiger partial charge in [0.05, 0.1) is 4.92 Å². The molecule has 0 amide bonds. The van der Waals surface area contributed by atoms with Gasteiger partial charge in [-0.3, -0.25) is 10.1 Å². The van der Waals surface area contributed by atoms with E-state index in [2.05, 4.69) is 30.7 Å². The summed E-state index contributed by atoms with van der Waals surface area (Å²) in [7, 11) is 0. The lowest BCUT2D eigenvalue weighted by atomic mass is 10.2. The smallest absolute Gasteiger partial charge is 0.269 e. The van der Waals surface area contributed by atoms with Gasteiger partial charge in [-0.1, -0.05) is 40.4 Å². The Morgan fingerprint density at radius 1 is 0.973 bits per heavy atom. The average Bonchev–Trinajstić information content (AvgIpc) is 3.55. The van der Waals surface area contributed by atoms with Gasteiger partial charge in [0, 0.05) is 25.0 Å². The number of aromatic nitrogens is 4. The van der Waals surface area contributed by atoms with Crippen molar-refractivity contribution in [1.29, 1.82) is 0 Å². The number of nitrogens with one attached hydrogen (secondary N) is 1. The number of benzene rings is 2. The Morgan fingerprint density at radius 2 is 1.65 bits per heavy atom. The van der Waals surface area contributed by atoms with Crippen LogP contribution in [0.15, 0.2) is 53.5 Å². The molecule has 0 bridgehead atoms. The molecule has 14 heteroatoms. The van der Waals surface area contributed by atoms with E-state index in [1.807, 2.05) is 43.0 Å². The second-order valence-corrected chi connectivity index (χ2v) is 10.8. The number of hydrogen-bond donors (Lipinski definition) is 1.